The highest BCUT2D eigenvalue weighted by molar-refractivity contribution is 5.78. The van der Waals surface area contributed by atoms with Crippen LogP contribution in [0.15, 0.2) is 24.5 Å². The number of nitrogens with zero attached hydrogens (tertiary/aromatic N) is 2. The molecule has 16 heavy (non-hydrogen) atoms. The molecule has 0 spiro atoms. The average molecular weight is 218 g/mol. The average Bonchev–Trinajstić information content (AvgIpc) is 2.30. The summed E-state index contributed by atoms with van der Waals surface area (Å²) in [6.07, 6.45) is 6.38. The number of hydrogen-bond donors (Lipinski definition) is 0. The van der Waals surface area contributed by atoms with E-state index in [0.29, 0.717) is 12.3 Å². The van der Waals surface area contributed by atoms with Gasteiger partial charge < -0.3 is 4.90 Å². The summed E-state index contributed by atoms with van der Waals surface area (Å²) in [5.41, 5.74) is 1.05. The minimum absolute atomic E-state index is 0.248. The number of likely N-dealkylation sites (tertiary alicyclic amines) is 1. The maximum absolute atomic E-state index is 12.0. The molecular formula is C13H18N2O. The molecule has 0 aliphatic carbocycles. The van der Waals surface area contributed by atoms with E-state index >= 15 is 0 Å². The number of carbonyl (C=O) groups excluding carboxylic acids is 1. The molecule has 1 amide bonds. The first-order valence-corrected chi connectivity index (χ1v) is 5.92. The van der Waals surface area contributed by atoms with E-state index in [1.54, 1.807) is 12.4 Å². The number of amides is 1. The Kier molecular flexibility index (Phi) is 3.54. The number of carbonyl (C=O) groups is 1. The van der Waals surface area contributed by atoms with Crippen LogP contribution in [0.2, 0.25) is 0 Å². The van der Waals surface area contributed by atoms with Gasteiger partial charge in [0.1, 0.15) is 0 Å². The molecule has 0 saturated carbocycles. The van der Waals surface area contributed by atoms with Gasteiger partial charge in [-0.2, -0.15) is 0 Å². The van der Waals surface area contributed by atoms with Crippen molar-refractivity contribution < 1.29 is 4.79 Å². The predicted octanol–water partition coefficient (Wildman–Crippen LogP) is 1.88. The highest BCUT2D eigenvalue weighted by Crippen LogP contribution is 2.16. The summed E-state index contributed by atoms with van der Waals surface area (Å²) < 4.78 is 0. The first-order valence-electron chi connectivity index (χ1n) is 5.92. The number of hydrogen-bond acceptors (Lipinski definition) is 2. The number of piperidine rings is 1. The Labute approximate surface area is 96.5 Å². The molecule has 0 aromatic carbocycles. The lowest BCUT2D eigenvalue weighted by atomic mass is 10.00. The maximum Gasteiger partial charge on any atom is 0.227 e. The van der Waals surface area contributed by atoms with Crippen LogP contribution in [-0.4, -0.2) is 28.9 Å². The molecule has 0 radical (unpaired) electrons. The lowest BCUT2D eigenvalue weighted by Gasteiger charge is -2.31. The highest BCUT2D eigenvalue weighted by atomic mass is 16.2. The van der Waals surface area contributed by atoms with E-state index in [4.69, 9.17) is 0 Å². The minimum atomic E-state index is 0.248. The van der Waals surface area contributed by atoms with Crippen molar-refractivity contribution in [3.05, 3.63) is 30.1 Å². The lowest BCUT2D eigenvalue weighted by Crippen LogP contribution is -2.39. The first-order chi connectivity index (χ1) is 7.75. The summed E-state index contributed by atoms with van der Waals surface area (Å²) in [4.78, 5) is 18.0. The second-order valence-electron chi connectivity index (χ2n) is 4.62. The van der Waals surface area contributed by atoms with Gasteiger partial charge in [-0.1, -0.05) is 6.92 Å². The first kappa shape index (κ1) is 11.1. The van der Waals surface area contributed by atoms with Gasteiger partial charge in [-0.3, -0.25) is 9.78 Å². The molecule has 1 saturated heterocycles. The minimum Gasteiger partial charge on any atom is -0.342 e. The van der Waals surface area contributed by atoms with Gasteiger partial charge in [-0.05, 0) is 36.5 Å². The Morgan fingerprint density at radius 3 is 2.94 bits per heavy atom. The molecule has 1 aromatic heterocycles. The molecule has 86 valence electrons. The Bertz CT molecular complexity index is 350. The third-order valence-electron chi connectivity index (χ3n) is 3.11. The van der Waals surface area contributed by atoms with Crippen LogP contribution in [0.5, 0.6) is 0 Å². The van der Waals surface area contributed by atoms with E-state index in [2.05, 4.69) is 11.9 Å². The van der Waals surface area contributed by atoms with Crippen LogP contribution in [0.3, 0.4) is 0 Å². The Balaban J connectivity index is 1.93. The molecule has 1 aliphatic heterocycles. The summed E-state index contributed by atoms with van der Waals surface area (Å²) >= 11 is 0. The van der Waals surface area contributed by atoms with E-state index in [-0.39, 0.29) is 5.91 Å². The molecule has 0 bridgehead atoms. The fourth-order valence-corrected chi connectivity index (χ4v) is 2.20. The molecule has 1 aliphatic rings. The standard InChI is InChI=1S/C13H18N2O/c1-11-3-2-8-15(10-11)13(16)9-12-4-6-14-7-5-12/h4-7,11H,2-3,8-10H2,1H3. The van der Waals surface area contributed by atoms with Crippen LogP contribution in [-0.2, 0) is 11.2 Å². The molecule has 1 aromatic rings. The van der Waals surface area contributed by atoms with Crippen LogP contribution in [0.25, 0.3) is 0 Å². The van der Waals surface area contributed by atoms with Gasteiger partial charge in [-0.25, -0.2) is 0 Å². The van der Waals surface area contributed by atoms with E-state index in [0.717, 1.165) is 25.1 Å². The molecule has 0 N–H and O–H groups in total. The van der Waals surface area contributed by atoms with Gasteiger partial charge in [0.05, 0.1) is 6.42 Å². The largest absolute Gasteiger partial charge is 0.342 e. The van der Waals surface area contributed by atoms with Crippen molar-refractivity contribution in [2.24, 2.45) is 5.92 Å². The normalized spacial score (nSPS) is 20.8. The topological polar surface area (TPSA) is 33.2 Å². The van der Waals surface area contributed by atoms with Crippen LogP contribution < -0.4 is 0 Å². The quantitative estimate of drug-likeness (QED) is 0.759. The van der Waals surface area contributed by atoms with Crippen LogP contribution in [0, 0.1) is 5.92 Å². The van der Waals surface area contributed by atoms with E-state index in [1.165, 1.54) is 6.42 Å². The third kappa shape index (κ3) is 2.81. The molecule has 2 rings (SSSR count). The zero-order valence-corrected chi connectivity index (χ0v) is 9.72. The van der Waals surface area contributed by atoms with E-state index < -0.39 is 0 Å². The van der Waals surface area contributed by atoms with Crippen molar-refractivity contribution in [2.75, 3.05) is 13.1 Å². The Hall–Kier alpha value is -1.38. The van der Waals surface area contributed by atoms with Crippen LogP contribution in [0.4, 0.5) is 0 Å². The van der Waals surface area contributed by atoms with Crippen molar-refractivity contribution >= 4 is 5.91 Å². The highest BCUT2D eigenvalue weighted by Gasteiger charge is 2.20. The predicted molar refractivity (Wildman–Crippen MR) is 62.9 cm³/mol. The number of rotatable bonds is 2. The number of aromatic nitrogens is 1. The molecule has 1 unspecified atom stereocenters. The number of pyridine rings is 1. The van der Waals surface area contributed by atoms with E-state index in [1.807, 2.05) is 17.0 Å². The summed E-state index contributed by atoms with van der Waals surface area (Å²) in [7, 11) is 0. The lowest BCUT2D eigenvalue weighted by molar-refractivity contribution is -0.132. The smallest absolute Gasteiger partial charge is 0.227 e. The van der Waals surface area contributed by atoms with E-state index in [9.17, 15) is 4.79 Å². The fourth-order valence-electron chi connectivity index (χ4n) is 2.20. The molecule has 1 fully saturated rings. The second-order valence-corrected chi connectivity index (χ2v) is 4.62. The second kappa shape index (κ2) is 5.10. The summed E-state index contributed by atoms with van der Waals surface area (Å²) in [6.45, 7) is 4.06. The molecule has 2 heterocycles. The van der Waals surface area contributed by atoms with Gasteiger partial charge >= 0.3 is 0 Å². The molecule has 3 heteroatoms. The zero-order chi connectivity index (χ0) is 11.4. The summed E-state index contributed by atoms with van der Waals surface area (Å²) in [6, 6.07) is 3.82. The SMILES string of the molecule is CC1CCCN(C(=O)Cc2ccncc2)C1. The van der Waals surface area contributed by atoms with Gasteiger partial charge in [-0.15, -0.1) is 0 Å². The van der Waals surface area contributed by atoms with Gasteiger partial charge in [0.2, 0.25) is 5.91 Å². The molecule has 1 atom stereocenters. The fraction of sp³-hybridized carbons (Fsp3) is 0.538. The summed E-state index contributed by atoms with van der Waals surface area (Å²) in [5.74, 6) is 0.896. The Morgan fingerprint density at radius 2 is 2.25 bits per heavy atom. The summed E-state index contributed by atoms with van der Waals surface area (Å²) in [5, 5.41) is 0. The maximum atomic E-state index is 12.0. The van der Waals surface area contributed by atoms with Crippen molar-refractivity contribution in [1.29, 1.82) is 0 Å². The van der Waals surface area contributed by atoms with Crippen molar-refractivity contribution in [1.82, 2.24) is 9.88 Å². The van der Waals surface area contributed by atoms with Crippen molar-refractivity contribution in [2.45, 2.75) is 26.2 Å². The van der Waals surface area contributed by atoms with Gasteiger partial charge in [0.25, 0.3) is 0 Å². The van der Waals surface area contributed by atoms with Gasteiger partial charge in [0, 0.05) is 25.5 Å². The third-order valence-corrected chi connectivity index (χ3v) is 3.11. The van der Waals surface area contributed by atoms with Gasteiger partial charge in [0.15, 0.2) is 0 Å². The monoisotopic (exact) mass is 218 g/mol. The van der Waals surface area contributed by atoms with Crippen molar-refractivity contribution in [3.8, 4) is 0 Å². The zero-order valence-electron chi connectivity index (χ0n) is 9.72. The van der Waals surface area contributed by atoms with Crippen molar-refractivity contribution in [3.63, 3.8) is 0 Å². The van der Waals surface area contributed by atoms with Crippen LogP contribution >= 0.6 is 0 Å². The molecular weight excluding hydrogens is 200 g/mol. The Morgan fingerprint density at radius 1 is 1.50 bits per heavy atom. The van der Waals surface area contributed by atoms with Crippen LogP contribution in [0.1, 0.15) is 25.3 Å². The molecule has 3 nitrogen and oxygen atoms in total.